The number of rotatable bonds is 4. The number of hydrogen-bond acceptors (Lipinski definition) is 0. The van der Waals surface area contributed by atoms with E-state index in [1.54, 1.807) is 0 Å². The summed E-state index contributed by atoms with van der Waals surface area (Å²) in [6.07, 6.45) is 0. The molecule has 0 unspecified atom stereocenters. The van der Waals surface area contributed by atoms with Gasteiger partial charge < -0.3 is 0 Å². The molecule has 0 atom stereocenters. The summed E-state index contributed by atoms with van der Waals surface area (Å²) in [5.41, 5.74) is 0. The van der Waals surface area contributed by atoms with Crippen LogP contribution in [0.5, 0.6) is 0 Å². The Balaban J connectivity index is 0.000000187. The minimum Gasteiger partial charge on any atom is -0.214 e. The molecule has 0 spiro atoms. The molecule has 6 aromatic carbocycles. The van der Waals surface area contributed by atoms with Gasteiger partial charge in [-0.2, -0.15) is 36.4 Å². The monoisotopic (exact) mass is 558 g/mol. The average Bonchev–Trinajstić information content (AvgIpc) is 3.72. The first-order chi connectivity index (χ1) is 17.9. The molecule has 6 rings (SSSR count). The van der Waals surface area contributed by atoms with E-state index in [9.17, 15) is 0 Å². The third-order valence-electron chi connectivity index (χ3n) is 4.78. The van der Waals surface area contributed by atoms with Crippen LogP contribution in [0.4, 0.5) is 0 Å². The van der Waals surface area contributed by atoms with Crippen molar-refractivity contribution in [1.29, 1.82) is 0 Å². The summed E-state index contributed by atoms with van der Waals surface area (Å²) in [5, 5.41) is 5.59. The minimum atomic E-state index is 0. The Labute approximate surface area is 236 Å². The van der Waals surface area contributed by atoms with E-state index in [0.717, 1.165) is 17.2 Å². The molecule has 0 saturated heterocycles. The summed E-state index contributed by atoms with van der Waals surface area (Å²) in [5.74, 6) is 0. The Kier molecular flexibility index (Phi) is 16.4. The quantitative estimate of drug-likeness (QED) is 0.120. The molecule has 0 aromatic heterocycles. The minimum absolute atomic E-state index is 0. The van der Waals surface area contributed by atoms with E-state index in [2.05, 4.69) is 121 Å². The fourth-order valence-corrected chi connectivity index (χ4v) is 5.16. The molecule has 6 aromatic rings. The fourth-order valence-electron chi connectivity index (χ4n) is 3.06. The van der Waals surface area contributed by atoms with E-state index in [1.807, 2.05) is 60.7 Å². The van der Waals surface area contributed by atoms with E-state index in [4.69, 9.17) is 0 Å². The van der Waals surface area contributed by atoms with Crippen LogP contribution in [0.15, 0.2) is 182 Å². The zero-order chi connectivity index (χ0) is 24.9. The van der Waals surface area contributed by atoms with Crippen molar-refractivity contribution in [3.05, 3.63) is 182 Å². The van der Waals surface area contributed by atoms with Crippen molar-refractivity contribution >= 4 is 38.4 Å². The van der Waals surface area contributed by atoms with E-state index in [-0.39, 0.29) is 17.1 Å². The Morgan fingerprint density at radius 2 is 0.514 bits per heavy atom. The third kappa shape index (κ3) is 14.3. The molecule has 0 amide bonds. The van der Waals surface area contributed by atoms with Crippen molar-refractivity contribution in [2.45, 2.75) is 0 Å². The first-order valence-electron chi connectivity index (χ1n) is 12.0. The van der Waals surface area contributed by atoms with E-state index < -0.39 is 0 Å². The second kappa shape index (κ2) is 20.1. The Morgan fingerprint density at radius 3 is 0.676 bits per heavy atom. The molecule has 0 N–H and O–H groups in total. The van der Waals surface area contributed by atoms with Crippen molar-refractivity contribution in [3.63, 3.8) is 0 Å². The molecule has 0 saturated carbocycles. The van der Waals surface area contributed by atoms with Gasteiger partial charge in [0.05, 0.1) is 0 Å². The van der Waals surface area contributed by atoms with Crippen LogP contribution in [0.1, 0.15) is 0 Å². The summed E-state index contributed by atoms with van der Waals surface area (Å²) in [4.78, 5) is 0. The van der Waals surface area contributed by atoms with Crippen LogP contribution >= 0.6 is 17.2 Å². The topological polar surface area (TPSA) is 0 Å². The van der Waals surface area contributed by atoms with Crippen LogP contribution in [0.25, 0.3) is 0 Å². The van der Waals surface area contributed by atoms with Crippen molar-refractivity contribution < 1.29 is 17.1 Å². The van der Waals surface area contributed by atoms with E-state index >= 15 is 0 Å². The van der Waals surface area contributed by atoms with Gasteiger partial charge in [0.15, 0.2) is 0 Å². The Hall–Kier alpha value is -3.04. The Bertz CT molecular complexity index is 1020. The summed E-state index contributed by atoms with van der Waals surface area (Å²) >= 11 is 0. The second-order valence-electron chi connectivity index (χ2n) is 7.64. The van der Waals surface area contributed by atoms with Crippen molar-refractivity contribution in [1.82, 2.24) is 0 Å². The SMILES string of the molecule is [Fe+2].c1cc[cH-]c1.c1cc[cH-]c1.c1ccc(Pc2ccccc2)cc1.c1ccc(Pc2ccccc2)cc1. The predicted octanol–water partition coefficient (Wildman–Crippen LogP) is 7.44. The summed E-state index contributed by atoms with van der Waals surface area (Å²) in [6.45, 7) is 0. The van der Waals surface area contributed by atoms with Crippen molar-refractivity contribution in [2.75, 3.05) is 0 Å². The van der Waals surface area contributed by atoms with Crippen LogP contribution in [0.2, 0.25) is 0 Å². The zero-order valence-corrected chi connectivity index (χ0v) is 23.8. The maximum atomic E-state index is 2.17. The molecule has 186 valence electrons. The van der Waals surface area contributed by atoms with Gasteiger partial charge in [-0.25, -0.2) is 24.3 Å². The van der Waals surface area contributed by atoms with Crippen molar-refractivity contribution in [3.8, 4) is 0 Å². The molecule has 0 aliphatic carbocycles. The molecule has 37 heavy (non-hydrogen) atoms. The molecular formula is C34H32FeP2. The smallest absolute Gasteiger partial charge is 0.214 e. The van der Waals surface area contributed by atoms with Gasteiger partial charge in [-0.15, -0.1) is 0 Å². The van der Waals surface area contributed by atoms with Gasteiger partial charge in [-0.1, -0.05) is 138 Å². The molecule has 3 heteroatoms. The van der Waals surface area contributed by atoms with Crippen LogP contribution in [0.3, 0.4) is 0 Å². The van der Waals surface area contributed by atoms with Crippen LogP contribution in [-0.4, -0.2) is 0 Å². The van der Waals surface area contributed by atoms with Crippen LogP contribution in [-0.2, 0) is 17.1 Å². The molecular weight excluding hydrogens is 526 g/mol. The fraction of sp³-hybridized carbons (Fsp3) is 0. The van der Waals surface area contributed by atoms with Gasteiger partial charge in [0.2, 0.25) is 0 Å². The first kappa shape index (κ1) is 30.2. The van der Waals surface area contributed by atoms with Gasteiger partial charge in [0.1, 0.15) is 0 Å². The molecule has 0 aliphatic rings. The van der Waals surface area contributed by atoms with Crippen LogP contribution in [0, 0.1) is 0 Å². The summed E-state index contributed by atoms with van der Waals surface area (Å²) < 4.78 is 0. The van der Waals surface area contributed by atoms with Crippen molar-refractivity contribution in [2.24, 2.45) is 0 Å². The third-order valence-corrected chi connectivity index (χ3v) is 7.27. The van der Waals surface area contributed by atoms with E-state index in [1.165, 1.54) is 21.2 Å². The van der Waals surface area contributed by atoms with Gasteiger partial charge >= 0.3 is 17.1 Å². The van der Waals surface area contributed by atoms with Gasteiger partial charge in [-0.3, -0.25) is 0 Å². The second-order valence-corrected chi connectivity index (χ2v) is 10.4. The predicted molar refractivity (Wildman–Crippen MR) is 165 cm³/mol. The zero-order valence-electron chi connectivity index (χ0n) is 20.7. The Morgan fingerprint density at radius 1 is 0.297 bits per heavy atom. The largest absolute Gasteiger partial charge is 2.00 e. The maximum absolute atomic E-state index is 2.17. The molecule has 0 fully saturated rings. The number of hydrogen-bond donors (Lipinski definition) is 0. The van der Waals surface area contributed by atoms with Gasteiger partial charge in [0.25, 0.3) is 0 Å². The summed E-state index contributed by atoms with van der Waals surface area (Å²) in [6, 6.07) is 62.3. The number of benzene rings is 4. The molecule has 0 nitrogen and oxygen atoms in total. The molecule has 0 aliphatic heterocycles. The first-order valence-corrected chi connectivity index (χ1v) is 14.0. The van der Waals surface area contributed by atoms with Gasteiger partial charge in [-0.05, 0) is 21.2 Å². The molecule has 0 bridgehead atoms. The normalized spacial score (nSPS) is 9.08. The molecule has 0 heterocycles. The van der Waals surface area contributed by atoms with E-state index in [0.29, 0.717) is 0 Å². The van der Waals surface area contributed by atoms with Crippen LogP contribution < -0.4 is 21.2 Å². The van der Waals surface area contributed by atoms with Gasteiger partial charge in [0, 0.05) is 0 Å². The standard InChI is InChI=1S/2C12H11P.2C5H5.Fe/c2*1-3-7-11(8-4-1)13-12-9-5-2-6-10-12;2*1-2-4-5-3-1;/h2*1-10,13H;2*1-5H;/q;;2*-1;+2. The maximum Gasteiger partial charge on any atom is 2.00 e. The molecule has 0 radical (unpaired) electrons. The summed E-state index contributed by atoms with van der Waals surface area (Å²) in [7, 11) is 1.55. The average molecular weight is 558 g/mol.